The fraction of sp³-hybridized carbons (Fsp3) is 0.538. The van der Waals surface area contributed by atoms with E-state index in [2.05, 4.69) is 15.2 Å². The van der Waals surface area contributed by atoms with Gasteiger partial charge in [0.1, 0.15) is 5.15 Å². The van der Waals surface area contributed by atoms with E-state index in [0.717, 1.165) is 31.6 Å². The van der Waals surface area contributed by atoms with Gasteiger partial charge in [0.2, 0.25) is 5.91 Å². The van der Waals surface area contributed by atoms with Gasteiger partial charge < -0.3 is 5.32 Å². The van der Waals surface area contributed by atoms with Crippen LogP contribution in [0.5, 0.6) is 0 Å². The first-order valence-corrected chi connectivity index (χ1v) is 6.47. The van der Waals surface area contributed by atoms with E-state index in [1.54, 1.807) is 13.2 Å². The second kappa shape index (κ2) is 5.24. The van der Waals surface area contributed by atoms with Crippen LogP contribution in [0.15, 0.2) is 18.3 Å². The number of amides is 1. The third-order valence-corrected chi connectivity index (χ3v) is 3.90. The molecule has 1 aliphatic heterocycles. The van der Waals surface area contributed by atoms with Gasteiger partial charge in [0.15, 0.2) is 0 Å². The molecule has 1 atom stereocenters. The highest BCUT2D eigenvalue weighted by Crippen LogP contribution is 2.31. The Kier molecular flexibility index (Phi) is 3.88. The van der Waals surface area contributed by atoms with Crippen molar-refractivity contribution in [3.63, 3.8) is 0 Å². The van der Waals surface area contributed by atoms with Crippen LogP contribution in [0.1, 0.15) is 18.9 Å². The smallest absolute Gasteiger partial charge is 0.227 e. The average Bonchev–Trinajstić information content (AvgIpc) is 2.74. The SMILES string of the molecule is CNC(=O)C1(C)CCN(Cc2cccnc2Cl)C1. The van der Waals surface area contributed by atoms with Crippen molar-refractivity contribution in [3.05, 3.63) is 29.0 Å². The minimum Gasteiger partial charge on any atom is -0.359 e. The maximum atomic E-state index is 11.8. The van der Waals surface area contributed by atoms with Crippen molar-refractivity contribution in [2.75, 3.05) is 20.1 Å². The van der Waals surface area contributed by atoms with Crippen molar-refractivity contribution >= 4 is 17.5 Å². The van der Waals surface area contributed by atoms with E-state index in [4.69, 9.17) is 11.6 Å². The Morgan fingerprint density at radius 3 is 3.11 bits per heavy atom. The number of hydrogen-bond acceptors (Lipinski definition) is 3. The molecule has 1 unspecified atom stereocenters. The van der Waals surface area contributed by atoms with Crippen LogP contribution in [0, 0.1) is 5.41 Å². The summed E-state index contributed by atoms with van der Waals surface area (Å²) in [5, 5.41) is 3.29. The lowest BCUT2D eigenvalue weighted by molar-refractivity contribution is -0.129. The van der Waals surface area contributed by atoms with Crippen LogP contribution in [-0.4, -0.2) is 35.9 Å². The zero-order valence-electron chi connectivity index (χ0n) is 10.7. The minimum absolute atomic E-state index is 0.113. The van der Waals surface area contributed by atoms with Crippen molar-refractivity contribution in [2.45, 2.75) is 19.9 Å². The molecule has 5 heteroatoms. The summed E-state index contributed by atoms with van der Waals surface area (Å²) in [6, 6.07) is 3.86. The molecule has 0 radical (unpaired) electrons. The van der Waals surface area contributed by atoms with Gasteiger partial charge in [-0.05, 0) is 26.0 Å². The van der Waals surface area contributed by atoms with Gasteiger partial charge in [0.25, 0.3) is 0 Å². The lowest BCUT2D eigenvalue weighted by atomic mass is 9.89. The number of pyridine rings is 1. The van der Waals surface area contributed by atoms with Crippen molar-refractivity contribution in [1.82, 2.24) is 15.2 Å². The summed E-state index contributed by atoms with van der Waals surface area (Å²) in [7, 11) is 1.69. The summed E-state index contributed by atoms with van der Waals surface area (Å²) >= 11 is 6.05. The summed E-state index contributed by atoms with van der Waals surface area (Å²) in [5.74, 6) is 0.113. The Balaban J connectivity index is 2.02. The molecule has 0 aliphatic carbocycles. The Morgan fingerprint density at radius 2 is 2.44 bits per heavy atom. The van der Waals surface area contributed by atoms with Gasteiger partial charge in [0.05, 0.1) is 5.41 Å². The summed E-state index contributed by atoms with van der Waals surface area (Å²) in [6.45, 7) is 4.43. The molecule has 1 N–H and O–H groups in total. The molecule has 1 saturated heterocycles. The van der Waals surface area contributed by atoms with Crippen LogP contribution in [-0.2, 0) is 11.3 Å². The van der Waals surface area contributed by atoms with E-state index in [-0.39, 0.29) is 11.3 Å². The lowest BCUT2D eigenvalue weighted by Crippen LogP contribution is -2.39. The zero-order chi connectivity index (χ0) is 13.2. The summed E-state index contributed by atoms with van der Waals surface area (Å²) < 4.78 is 0. The van der Waals surface area contributed by atoms with Gasteiger partial charge in [-0.25, -0.2) is 4.98 Å². The second-order valence-corrected chi connectivity index (χ2v) is 5.41. The number of rotatable bonds is 3. The Morgan fingerprint density at radius 1 is 1.67 bits per heavy atom. The molecule has 1 fully saturated rings. The zero-order valence-corrected chi connectivity index (χ0v) is 11.5. The summed E-state index contributed by atoms with van der Waals surface area (Å²) in [6.07, 6.45) is 2.56. The van der Waals surface area contributed by atoms with Gasteiger partial charge in [-0.15, -0.1) is 0 Å². The Hall–Kier alpha value is -1.13. The number of carbonyl (C=O) groups is 1. The van der Waals surface area contributed by atoms with Gasteiger partial charge >= 0.3 is 0 Å². The largest absolute Gasteiger partial charge is 0.359 e. The quantitative estimate of drug-likeness (QED) is 0.848. The monoisotopic (exact) mass is 267 g/mol. The molecule has 1 aromatic rings. The van der Waals surface area contributed by atoms with E-state index >= 15 is 0 Å². The molecule has 98 valence electrons. The molecule has 1 aliphatic rings. The first-order chi connectivity index (χ1) is 8.55. The van der Waals surface area contributed by atoms with E-state index in [1.807, 2.05) is 19.1 Å². The molecule has 0 spiro atoms. The minimum atomic E-state index is -0.288. The standard InChI is InChI=1S/C13H18ClN3O/c1-13(12(18)15-2)5-7-17(9-13)8-10-4-3-6-16-11(10)14/h3-4,6H,5,7-9H2,1-2H3,(H,15,18). The predicted molar refractivity (Wildman–Crippen MR) is 71.3 cm³/mol. The fourth-order valence-electron chi connectivity index (χ4n) is 2.46. The molecule has 2 rings (SSSR count). The van der Waals surface area contributed by atoms with Gasteiger partial charge in [-0.1, -0.05) is 17.7 Å². The van der Waals surface area contributed by atoms with Crippen LogP contribution in [0.25, 0.3) is 0 Å². The molecule has 18 heavy (non-hydrogen) atoms. The van der Waals surface area contributed by atoms with Crippen LogP contribution in [0.2, 0.25) is 5.15 Å². The molecule has 2 heterocycles. The predicted octanol–water partition coefficient (Wildman–Crippen LogP) is 1.69. The summed E-state index contributed by atoms with van der Waals surface area (Å²) in [5.41, 5.74) is 0.726. The lowest BCUT2D eigenvalue weighted by Gasteiger charge is -2.22. The van der Waals surface area contributed by atoms with E-state index in [1.165, 1.54) is 0 Å². The number of nitrogens with zero attached hydrogens (tertiary/aromatic N) is 2. The Bertz CT molecular complexity index is 452. The Labute approximate surface area is 112 Å². The maximum absolute atomic E-state index is 11.8. The average molecular weight is 268 g/mol. The molecule has 0 saturated carbocycles. The van der Waals surface area contributed by atoms with Crippen LogP contribution in [0.3, 0.4) is 0 Å². The van der Waals surface area contributed by atoms with E-state index < -0.39 is 0 Å². The maximum Gasteiger partial charge on any atom is 0.227 e. The number of carbonyl (C=O) groups excluding carboxylic acids is 1. The molecular weight excluding hydrogens is 250 g/mol. The third-order valence-electron chi connectivity index (χ3n) is 3.56. The van der Waals surface area contributed by atoms with Crippen molar-refractivity contribution < 1.29 is 4.79 Å². The molecule has 1 amide bonds. The normalized spacial score (nSPS) is 24.2. The van der Waals surface area contributed by atoms with Crippen LogP contribution >= 0.6 is 11.6 Å². The molecule has 1 aromatic heterocycles. The third kappa shape index (κ3) is 2.65. The van der Waals surface area contributed by atoms with Crippen LogP contribution in [0.4, 0.5) is 0 Å². The number of likely N-dealkylation sites (tertiary alicyclic amines) is 1. The molecular formula is C13H18ClN3O. The molecule has 0 bridgehead atoms. The van der Waals surface area contributed by atoms with Crippen molar-refractivity contribution in [3.8, 4) is 0 Å². The number of aromatic nitrogens is 1. The van der Waals surface area contributed by atoms with Gasteiger partial charge in [-0.3, -0.25) is 9.69 Å². The fourth-order valence-corrected chi connectivity index (χ4v) is 2.64. The van der Waals surface area contributed by atoms with Crippen molar-refractivity contribution in [2.24, 2.45) is 5.41 Å². The first-order valence-electron chi connectivity index (χ1n) is 6.09. The topological polar surface area (TPSA) is 45.2 Å². The van der Waals surface area contributed by atoms with Gasteiger partial charge in [-0.2, -0.15) is 0 Å². The highest BCUT2D eigenvalue weighted by atomic mass is 35.5. The van der Waals surface area contributed by atoms with E-state index in [0.29, 0.717) is 5.15 Å². The number of nitrogens with one attached hydrogen (secondary N) is 1. The highest BCUT2D eigenvalue weighted by Gasteiger charge is 2.39. The summed E-state index contributed by atoms with van der Waals surface area (Å²) in [4.78, 5) is 18.1. The molecule has 0 aromatic carbocycles. The van der Waals surface area contributed by atoms with Crippen LogP contribution < -0.4 is 5.32 Å². The first kappa shape index (κ1) is 13.3. The van der Waals surface area contributed by atoms with Gasteiger partial charge in [0, 0.05) is 31.9 Å². The number of hydrogen-bond donors (Lipinski definition) is 1. The molecule has 4 nitrogen and oxygen atoms in total. The second-order valence-electron chi connectivity index (χ2n) is 5.05. The number of halogens is 1. The van der Waals surface area contributed by atoms with E-state index in [9.17, 15) is 4.79 Å². The highest BCUT2D eigenvalue weighted by molar-refractivity contribution is 6.30. The van der Waals surface area contributed by atoms with Crippen molar-refractivity contribution in [1.29, 1.82) is 0 Å².